The van der Waals surface area contributed by atoms with E-state index in [-0.39, 0.29) is 10.9 Å². The van der Waals surface area contributed by atoms with Crippen LogP contribution in [0.4, 0.5) is 4.39 Å². The molecular weight excluding hydrogens is 341 g/mol. The van der Waals surface area contributed by atoms with E-state index in [4.69, 9.17) is 4.74 Å². The molecule has 0 amide bonds. The van der Waals surface area contributed by atoms with Crippen LogP contribution in [0.15, 0.2) is 47.4 Å². The maximum absolute atomic E-state index is 13.4. The highest BCUT2D eigenvalue weighted by molar-refractivity contribution is 7.89. The first-order chi connectivity index (χ1) is 11.7. The number of rotatable bonds is 7. The number of hydrogen-bond donors (Lipinski definition) is 1. The summed E-state index contributed by atoms with van der Waals surface area (Å²) in [6, 6.07) is 10.7. The second kappa shape index (κ2) is 7.97. The molecule has 0 spiro atoms. The number of nitrogens with one attached hydrogen (secondary N) is 1. The van der Waals surface area contributed by atoms with Crippen molar-refractivity contribution in [3.63, 3.8) is 0 Å². The molecule has 1 N–H and O–H groups in total. The van der Waals surface area contributed by atoms with E-state index < -0.39 is 15.8 Å². The van der Waals surface area contributed by atoms with Crippen LogP contribution < -0.4 is 9.46 Å². The molecule has 2 aromatic rings. The molecule has 0 heterocycles. The molecule has 0 aliphatic carbocycles. The lowest BCUT2D eigenvalue weighted by Crippen LogP contribution is -2.29. The van der Waals surface area contributed by atoms with Crippen LogP contribution in [0.5, 0.6) is 5.75 Å². The first-order valence-corrected chi connectivity index (χ1v) is 9.63. The van der Waals surface area contributed by atoms with Crippen molar-refractivity contribution < 1.29 is 17.5 Å². The summed E-state index contributed by atoms with van der Waals surface area (Å²) in [6.45, 7) is 5.61. The zero-order valence-electron chi connectivity index (χ0n) is 14.9. The lowest BCUT2D eigenvalue weighted by molar-refractivity contribution is 0.414. The van der Waals surface area contributed by atoms with Crippen LogP contribution in [0.1, 0.15) is 37.4 Å². The normalized spacial score (nSPS) is 13.0. The van der Waals surface area contributed by atoms with Gasteiger partial charge in [-0.15, -0.1) is 0 Å². The Morgan fingerprint density at radius 2 is 1.76 bits per heavy atom. The van der Waals surface area contributed by atoms with Gasteiger partial charge in [-0.1, -0.05) is 26.0 Å². The largest absolute Gasteiger partial charge is 0.497 e. The molecule has 2 aromatic carbocycles. The number of sulfonamides is 1. The zero-order chi connectivity index (χ0) is 18.6. The SMILES string of the molecule is COc1ccc(C(CC(C)C)NS(=O)(=O)c2ccc(F)c(C)c2)cc1. The van der Waals surface area contributed by atoms with Gasteiger partial charge in [-0.25, -0.2) is 17.5 Å². The van der Waals surface area contributed by atoms with Gasteiger partial charge in [0, 0.05) is 6.04 Å². The van der Waals surface area contributed by atoms with E-state index in [1.54, 1.807) is 26.2 Å². The molecule has 0 fully saturated rings. The Labute approximate surface area is 149 Å². The summed E-state index contributed by atoms with van der Waals surface area (Å²) >= 11 is 0. The van der Waals surface area contributed by atoms with Crippen LogP contribution in [0.25, 0.3) is 0 Å². The predicted octanol–water partition coefficient (Wildman–Crippen LogP) is 4.21. The summed E-state index contributed by atoms with van der Waals surface area (Å²) in [7, 11) is -2.17. The summed E-state index contributed by atoms with van der Waals surface area (Å²) in [6.07, 6.45) is 0.645. The summed E-state index contributed by atoms with van der Waals surface area (Å²) in [5.74, 6) is 0.585. The second-order valence-electron chi connectivity index (χ2n) is 6.49. The average molecular weight is 365 g/mol. The van der Waals surface area contributed by atoms with Crippen LogP contribution in [0.2, 0.25) is 0 Å². The van der Waals surface area contributed by atoms with Crippen molar-refractivity contribution in [1.82, 2.24) is 4.72 Å². The highest BCUT2D eigenvalue weighted by Crippen LogP contribution is 2.26. The number of methoxy groups -OCH3 is 1. The van der Waals surface area contributed by atoms with E-state index >= 15 is 0 Å². The quantitative estimate of drug-likeness (QED) is 0.800. The third-order valence-corrected chi connectivity index (χ3v) is 5.43. The van der Waals surface area contributed by atoms with Gasteiger partial charge >= 0.3 is 0 Å². The van der Waals surface area contributed by atoms with Gasteiger partial charge in [0.15, 0.2) is 0 Å². The van der Waals surface area contributed by atoms with Gasteiger partial charge in [0.1, 0.15) is 11.6 Å². The molecular formula is C19H24FNO3S. The third-order valence-electron chi connectivity index (χ3n) is 3.96. The van der Waals surface area contributed by atoms with E-state index in [0.717, 1.165) is 5.56 Å². The van der Waals surface area contributed by atoms with Crippen molar-refractivity contribution >= 4 is 10.0 Å². The van der Waals surface area contributed by atoms with E-state index in [0.29, 0.717) is 23.7 Å². The maximum Gasteiger partial charge on any atom is 0.241 e. The van der Waals surface area contributed by atoms with Crippen molar-refractivity contribution in [3.8, 4) is 5.75 Å². The fourth-order valence-corrected chi connectivity index (χ4v) is 3.92. The predicted molar refractivity (Wildman–Crippen MR) is 96.6 cm³/mol. The fraction of sp³-hybridized carbons (Fsp3) is 0.368. The highest BCUT2D eigenvalue weighted by Gasteiger charge is 2.23. The van der Waals surface area contributed by atoms with Crippen LogP contribution in [0, 0.1) is 18.7 Å². The van der Waals surface area contributed by atoms with Crippen LogP contribution in [-0.2, 0) is 10.0 Å². The topological polar surface area (TPSA) is 55.4 Å². The molecule has 0 saturated heterocycles. The smallest absolute Gasteiger partial charge is 0.241 e. The van der Waals surface area contributed by atoms with Crippen LogP contribution in [0.3, 0.4) is 0 Å². The molecule has 25 heavy (non-hydrogen) atoms. The standard InChI is InChI=1S/C19H24FNO3S/c1-13(2)11-19(15-5-7-16(24-4)8-6-15)21-25(22,23)17-9-10-18(20)14(3)12-17/h5-10,12-13,19,21H,11H2,1-4H3. The van der Waals surface area contributed by atoms with Gasteiger partial charge in [-0.3, -0.25) is 0 Å². The Kier molecular flexibility index (Phi) is 6.19. The van der Waals surface area contributed by atoms with Crippen LogP contribution >= 0.6 is 0 Å². The van der Waals surface area contributed by atoms with Gasteiger partial charge in [-0.05, 0) is 60.7 Å². The molecule has 0 aliphatic rings. The van der Waals surface area contributed by atoms with Gasteiger partial charge < -0.3 is 4.74 Å². The summed E-state index contributed by atoms with van der Waals surface area (Å²) in [5.41, 5.74) is 1.16. The number of hydrogen-bond acceptors (Lipinski definition) is 3. The first kappa shape index (κ1) is 19.4. The monoisotopic (exact) mass is 365 g/mol. The molecule has 0 aliphatic heterocycles. The number of halogens is 1. The Morgan fingerprint density at radius 3 is 2.28 bits per heavy atom. The van der Waals surface area contributed by atoms with Crippen molar-refractivity contribution in [1.29, 1.82) is 0 Å². The Hall–Kier alpha value is -1.92. The number of benzene rings is 2. The lowest BCUT2D eigenvalue weighted by atomic mass is 9.98. The number of ether oxygens (including phenoxy) is 1. The fourth-order valence-electron chi connectivity index (χ4n) is 2.60. The Bertz CT molecular complexity index is 817. The molecule has 0 radical (unpaired) electrons. The first-order valence-electron chi connectivity index (χ1n) is 8.15. The van der Waals surface area contributed by atoms with E-state index in [2.05, 4.69) is 4.72 Å². The van der Waals surface area contributed by atoms with E-state index in [1.807, 2.05) is 26.0 Å². The van der Waals surface area contributed by atoms with Gasteiger partial charge in [0.05, 0.1) is 12.0 Å². The molecule has 0 bridgehead atoms. The summed E-state index contributed by atoms with van der Waals surface area (Å²) < 4.78 is 46.8. The van der Waals surface area contributed by atoms with E-state index in [1.165, 1.54) is 18.2 Å². The van der Waals surface area contributed by atoms with Gasteiger partial charge in [0.2, 0.25) is 10.0 Å². The Balaban J connectivity index is 2.32. The zero-order valence-corrected chi connectivity index (χ0v) is 15.7. The van der Waals surface area contributed by atoms with Crippen molar-refractivity contribution in [2.24, 2.45) is 5.92 Å². The lowest BCUT2D eigenvalue weighted by Gasteiger charge is -2.21. The maximum atomic E-state index is 13.4. The van der Waals surface area contributed by atoms with E-state index in [9.17, 15) is 12.8 Å². The molecule has 0 aromatic heterocycles. The summed E-state index contributed by atoms with van der Waals surface area (Å²) in [4.78, 5) is 0.0636. The Morgan fingerprint density at radius 1 is 1.12 bits per heavy atom. The van der Waals surface area contributed by atoms with Crippen molar-refractivity contribution in [2.75, 3.05) is 7.11 Å². The van der Waals surface area contributed by atoms with Crippen LogP contribution in [-0.4, -0.2) is 15.5 Å². The minimum Gasteiger partial charge on any atom is -0.497 e. The molecule has 2 rings (SSSR count). The molecule has 0 saturated carbocycles. The molecule has 1 atom stereocenters. The molecule has 6 heteroatoms. The molecule has 136 valence electrons. The minimum absolute atomic E-state index is 0.0636. The second-order valence-corrected chi connectivity index (χ2v) is 8.20. The number of aryl methyl sites for hydroxylation is 1. The van der Waals surface area contributed by atoms with Gasteiger partial charge in [0.25, 0.3) is 0 Å². The van der Waals surface area contributed by atoms with Crippen molar-refractivity contribution in [3.05, 3.63) is 59.4 Å². The van der Waals surface area contributed by atoms with Crippen molar-refractivity contribution in [2.45, 2.75) is 38.1 Å². The van der Waals surface area contributed by atoms with Gasteiger partial charge in [-0.2, -0.15) is 0 Å². The highest BCUT2D eigenvalue weighted by atomic mass is 32.2. The molecule has 4 nitrogen and oxygen atoms in total. The summed E-state index contributed by atoms with van der Waals surface area (Å²) in [5, 5.41) is 0. The average Bonchev–Trinajstić information content (AvgIpc) is 2.56. The molecule has 1 unspecified atom stereocenters. The minimum atomic E-state index is -3.76. The third kappa shape index (κ3) is 5.03.